The van der Waals surface area contributed by atoms with Crippen LogP contribution in [-0.2, 0) is 6.54 Å². The summed E-state index contributed by atoms with van der Waals surface area (Å²) >= 11 is 0. The van der Waals surface area contributed by atoms with Crippen molar-refractivity contribution in [2.24, 2.45) is 0 Å². The van der Waals surface area contributed by atoms with Crippen molar-refractivity contribution >= 4 is 16.7 Å². The molecular formula is C19H18N6O2. The molecule has 0 amide bonds. The fourth-order valence-electron chi connectivity index (χ4n) is 3.51. The number of anilines is 1. The van der Waals surface area contributed by atoms with Crippen molar-refractivity contribution in [3.8, 4) is 22.8 Å². The molecule has 5 rings (SSSR count). The SMILES string of the molecule is COc1ccc2[nH]c(=O)c(-c3nccn3-c3cnn4c3NCCC4)cc2c1. The van der Waals surface area contributed by atoms with Gasteiger partial charge in [-0.25, -0.2) is 9.67 Å². The first kappa shape index (κ1) is 15.7. The third kappa shape index (κ3) is 2.49. The van der Waals surface area contributed by atoms with Gasteiger partial charge in [0.25, 0.3) is 5.56 Å². The molecule has 4 heterocycles. The molecule has 1 aromatic carbocycles. The Hall–Kier alpha value is -3.55. The molecule has 0 radical (unpaired) electrons. The molecule has 0 spiro atoms. The molecule has 2 N–H and O–H groups in total. The third-order valence-corrected chi connectivity index (χ3v) is 4.85. The number of aromatic nitrogens is 5. The Morgan fingerprint density at radius 3 is 3.07 bits per heavy atom. The molecule has 0 aliphatic carbocycles. The normalized spacial score (nSPS) is 13.4. The lowest BCUT2D eigenvalue weighted by atomic mass is 10.1. The number of rotatable bonds is 3. The van der Waals surface area contributed by atoms with Crippen LogP contribution in [0.2, 0.25) is 0 Å². The number of H-pyrrole nitrogens is 1. The van der Waals surface area contributed by atoms with Crippen molar-refractivity contribution in [1.82, 2.24) is 24.3 Å². The lowest BCUT2D eigenvalue weighted by Crippen LogP contribution is -2.19. The second-order valence-electron chi connectivity index (χ2n) is 6.47. The molecule has 0 saturated carbocycles. The zero-order valence-electron chi connectivity index (χ0n) is 14.8. The van der Waals surface area contributed by atoms with Crippen molar-refractivity contribution in [3.63, 3.8) is 0 Å². The van der Waals surface area contributed by atoms with E-state index in [1.807, 2.05) is 39.7 Å². The molecule has 1 aliphatic rings. The second kappa shape index (κ2) is 6.01. The zero-order valence-corrected chi connectivity index (χ0v) is 14.8. The lowest BCUT2D eigenvalue weighted by Gasteiger charge is -2.17. The Morgan fingerprint density at radius 2 is 2.19 bits per heavy atom. The summed E-state index contributed by atoms with van der Waals surface area (Å²) in [5.74, 6) is 2.25. The number of aryl methyl sites for hydroxylation is 1. The van der Waals surface area contributed by atoms with E-state index in [2.05, 4.69) is 20.4 Å². The van der Waals surface area contributed by atoms with Crippen LogP contribution in [-0.4, -0.2) is 38.0 Å². The third-order valence-electron chi connectivity index (χ3n) is 4.85. The number of pyridine rings is 1. The monoisotopic (exact) mass is 362 g/mol. The summed E-state index contributed by atoms with van der Waals surface area (Å²) in [4.78, 5) is 20.1. The van der Waals surface area contributed by atoms with Crippen molar-refractivity contribution in [2.45, 2.75) is 13.0 Å². The maximum Gasteiger partial charge on any atom is 0.259 e. The van der Waals surface area contributed by atoms with E-state index in [-0.39, 0.29) is 5.56 Å². The summed E-state index contributed by atoms with van der Waals surface area (Å²) < 4.78 is 9.13. The molecule has 8 heteroatoms. The average molecular weight is 362 g/mol. The van der Waals surface area contributed by atoms with Crippen LogP contribution >= 0.6 is 0 Å². The van der Waals surface area contributed by atoms with Crippen LogP contribution in [0.15, 0.2) is 47.7 Å². The predicted molar refractivity (Wildman–Crippen MR) is 103 cm³/mol. The van der Waals surface area contributed by atoms with Gasteiger partial charge < -0.3 is 15.0 Å². The number of nitrogens with one attached hydrogen (secondary N) is 2. The predicted octanol–water partition coefficient (Wildman–Crippen LogP) is 2.40. The topological polar surface area (TPSA) is 89.8 Å². The summed E-state index contributed by atoms with van der Waals surface area (Å²) in [6.45, 7) is 1.78. The highest BCUT2D eigenvalue weighted by atomic mass is 16.5. The molecule has 4 aromatic rings. The number of benzene rings is 1. The van der Waals surface area contributed by atoms with Crippen LogP contribution in [0.1, 0.15) is 6.42 Å². The largest absolute Gasteiger partial charge is 0.497 e. The van der Waals surface area contributed by atoms with Crippen LogP contribution in [0, 0.1) is 0 Å². The van der Waals surface area contributed by atoms with E-state index in [1.165, 1.54) is 0 Å². The number of hydrogen-bond acceptors (Lipinski definition) is 5. The minimum atomic E-state index is -0.186. The van der Waals surface area contributed by atoms with Crippen molar-refractivity contribution in [3.05, 3.63) is 53.2 Å². The summed E-state index contributed by atoms with van der Waals surface area (Å²) in [6, 6.07) is 7.40. The van der Waals surface area contributed by atoms with E-state index in [9.17, 15) is 4.79 Å². The Kier molecular flexibility index (Phi) is 3.49. The standard InChI is InChI=1S/C19H18N6O2/c1-27-13-3-4-15-12(9-13)10-14(19(26)23-15)17-21-6-8-24(17)16-11-22-25-7-2-5-20-18(16)25/h3-4,6,8-11,20H,2,5,7H2,1H3,(H,23,26). The van der Waals surface area contributed by atoms with Crippen LogP contribution in [0.25, 0.3) is 28.0 Å². The van der Waals surface area contributed by atoms with Crippen LogP contribution in [0.3, 0.4) is 0 Å². The minimum Gasteiger partial charge on any atom is -0.497 e. The molecule has 0 saturated heterocycles. The Bertz CT molecular complexity index is 1200. The van der Waals surface area contributed by atoms with Crippen molar-refractivity contribution < 1.29 is 4.74 Å². The maximum atomic E-state index is 12.7. The van der Waals surface area contributed by atoms with Gasteiger partial charge in [0, 0.05) is 36.4 Å². The van der Waals surface area contributed by atoms with E-state index in [4.69, 9.17) is 4.74 Å². The van der Waals surface area contributed by atoms with E-state index >= 15 is 0 Å². The van der Waals surface area contributed by atoms with Gasteiger partial charge in [-0.3, -0.25) is 9.36 Å². The quantitative estimate of drug-likeness (QED) is 0.584. The van der Waals surface area contributed by atoms with Gasteiger partial charge in [-0.05, 0) is 30.7 Å². The van der Waals surface area contributed by atoms with Gasteiger partial charge in [-0.2, -0.15) is 5.10 Å². The Balaban J connectivity index is 1.68. The van der Waals surface area contributed by atoms with Gasteiger partial charge in [0.05, 0.1) is 18.9 Å². The van der Waals surface area contributed by atoms with Crippen LogP contribution < -0.4 is 15.6 Å². The Morgan fingerprint density at radius 1 is 1.26 bits per heavy atom. The zero-order chi connectivity index (χ0) is 18.4. The van der Waals surface area contributed by atoms with Gasteiger partial charge in [0.2, 0.25) is 0 Å². The number of nitrogens with zero attached hydrogens (tertiary/aromatic N) is 4. The van der Waals surface area contributed by atoms with E-state index in [0.717, 1.165) is 47.7 Å². The number of methoxy groups -OCH3 is 1. The fraction of sp³-hybridized carbons (Fsp3) is 0.211. The fourth-order valence-corrected chi connectivity index (χ4v) is 3.51. The molecule has 0 atom stereocenters. The summed E-state index contributed by atoms with van der Waals surface area (Å²) in [5, 5.41) is 8.72. The van der Waals surface area contributed by atoms with Crippen LogP contribution in [0.4, 0.5) is 5.82 Å². The van der Waals surface area contributed by atoms with E-state index in [0.29, 0.717) is 11.4 Å². The van der Waals surface area contributed by atoms with Gasteiger partial charge in [-0.15, -0.1) is 0 Å². The first-order chi connectivity index (χ1) is 13.2. The number of hydrogen-bond donors (Lipinski definition) is 2. The van der Waals surface area contributed by atoms with E-state index in [1.54, 1.807) is 19.5 Å². The number of imidazole rings is 1. The summed E-state index contributed by atoms with van der Waals surface area (Å²) in [5.41, 5.74) is 1.95. The molecule has 27 heavy (non-hydrogen) atoms. The van der Waals surface area contributed by atoms with Gasteiger partial charge in [-0.1, -0.05) is 0 Å². The first-order valence-corrected chi connectivity index (χ1v) is 8.79. The van der Waals surface area contributed by atoms with Gasteiger partial charge in [0.1, 0.15) is 23.1 Å². The van der Waals surface area contributed by atoms with Gasteiger partial charge >= 0.3 is 0 Å². The molecule has 8 nitrogen and oxygen atoms in total. The highest BCUT2D eigenvalue weighted by Gasteiger charge is 2.19. The van der Waals surface area contributed by atoms with Gasteiger partial charge in [0.15, 0.2) is 0 Å². The van der Waals surface area contributed by atoms with E-state index < -0.39 is 0 Å². The number of ether oxygens (including phenoxy) is 1. The van der Waals surface area contributed by atoms with Crippen molar-refractivity contribution in [2.75, 3.05) is 19.0 Å². The number of fused-ring (bicyclic) bond motifs is 2. The maximum absolute atomic E-state index is 12.7. The second-order valence-corrected chi connectivity index (χ2v) is 6.47. The first-order valence-electron chi connectivity index (χ1n) is 8.79. The van der Waals surface area contributed by atoms with Crippen molar-refractivity contribution in [1.29, 1.82) is 0 Å². The lowest BCUT2D eigenvalue weighted by molar-refractivity contribution is 0.415. The summed E-state index contributed by atoms with van der Waals surface area (Å²) in [7, 11) is 1.62. The molecular weight excluding hydrogens is 344 g/mol. The average Bonchev–Trinajstić information content (AvgIpc) is 3.33. The van der Waals surface area contributed by atoms with Crippen LogP contribution in [0.5, 0.6) is 5.75 Å². The smallest absolute Gasteiger partial charge is 0.259 e. The highest BCUT2D eigenvalue weighted by Crippen LogP contribution is 2.28. The molecule has 0 fully saturated rings. The Labute approximate surface area is 154 Å². The molecule has 0 unspecified atom stereocenters. The molecule has 1 aliphatic heterocycles. The number of aromatic amines is 1. The molecule has 136 valence electrons. The molecule has 0 bridgehead atoms. The molecule has 3 aromatic heterocycles. The summed E-state index contributed by atoms with van der Waals surface area (Å²) in [6.07, 6.45) is 6.38. The highest BCUT2D eigenvalue weighted by molar-refractivity contribution is 5.84. The minimum absolute atomic E-state index is 0.186.